The lowest BCUT2D eigenvalue weighted by Crippen LogP contribution is -2.47. The molecule has 2 aliphatic heterocycles. The van der Waals surface area contributed by atoms with E-state index in [1.165, 1.54) is 11.1 Å². The minimum absolute atomic E-state index is 0.157. The third-order valence-corrected chi connectivity index (χ3v) is 5.13. The summed E-state index contributed by atoms with van der Waals surface area (Å²) in [5.41, 5.74) is 3.40. The maximum absolute atomic E-state index is 5.98. The predicted molar refractivity (Wildman–Crippen MR) is 98.9 cm³/mol. The van der Waals surface area contributed by atoms with E-state index in [0.29, 0.717) is 0 Å². The van der Waals surface area contributed by atoms with Crippen LogP contribution >= 0.6 is 0 Å². The Morgan fingerprint density at radius 2 is 1.92 bits per heavy atom. The summed E-state index contributed by atoms with van der Waals surface area (Å²) < 4.78 is 5.24. The van der Waals surface area contributed by atoms with Gasteiger partial charge in [-0.1, -0.05) is 47.6 Å². The fourth-order valence-electron chi connectivity index (χ4n) is 3.84. The molecule has 2 aromatic rings. The molecule has 1 spiro atoms. The number of methoxy groups -OCH3 is 1. The first-order chi connectivity index (χ1) is 12.3. The van der Waals surface area contributed by atoms with Crippen LogP contribution < -0.4 is 4.74 Å². The first-order valence-electron chi connectivity index (χ1n) is 8.92. The van der Waals surface area contributed by atoms with E-state index in [1.807, 2.05) is 18.2 Å². The fourth-order valence-corrected chi connectivity index (χ4v) is 3.84. The predicted octanol–water partition coefficient (Wildman–Crippen LogP) is 3.85. The van der Waals surface area contributed by atoms with Crippen LogP contribution in [0.3, 0.4) is 0 Å². The molecule has 0 bridgehead atoms. The third kappa shape index (κ3) is 3.54. The van der Waals surface area contributed by atoms with Crippen LogP contribution in [0.25, 0.3) is 0 Å². The van der Waals surface area contributed by atoms with E-state index < -0.39 is 0 Å². The molecular weight excluding hydrogens is 312 g/mol. The van der Waals surface area contributed by atoms with E-state index in [0.717, 1.165) is 50.4 Å². The minimum atomic E-state index is -0.157. The molecule has 0 aromatic heterocycles. The number of hydrogen-bond donors (Lipinski definition) is 0. The van der Waals surface area contributed by atoms with Crippen molar-refractivity contribution in [2.75, 3.05) is 20.2 Å². The molecule has 1 fully saturated rings. The summed E-state index contributed by atoms with van der Waals surface area (Å²) in [5, 5.41) is 4.42. The maximum Gasteiger partial charge on any atom is 0.156 e. The van der Waals surface area contributed by atoms with Crippen LogP contribution in [0.4, 0.5) is 0 Å². The first-order valence-corrected chi connectivity index (χ1v) is 8.92. The van der Waals surface area contributed by atoms with E-state index in [9.17, 15) is 0 Å². The van der Waals surface area contributed by atoms with Gasteiger partial charge in [0, 0.05) is 19.5 Å². The van der Waals surface area contributed by atoms with Crippen molar-refractivity contribution in [3.63, 3.8) is 0 Å². The van der Waals surface area contributed by atoms with E-state index in [2.05, 4.69) is 46.5 Å². The van der Waals surface area contributed by atoms with Crippen molar-refractivity contribution < 1.29 is 9.57 Å². The van der Waals surface area contributed by atoms with Crippen LogP contribution in [0.15, 0.2) is 59.8 Å². The van der Waals surface area contributed by atoms with Crippen molar-refractivity contribution in [2.24, 2.45) is 5.16 Å². The lowest BCUT2D eigenvalue weighted by molar-refractivity contribution is -0.0704. The Bertz CT molecular complexity index is 742. The standard InChI is InChI=1S/C21H24N2O2/c1-24-19-10-8-17(9-11-19)15-23-13-5-12-21(16-23)14-20(22-25-21)18-6-3-2-4-7-18/h2-4,6-11H,5,12-16H2,1H3. The molecule has 0 N–H and O–H groups in total. The smallest absolute Gasteiger partial charge is 0.156 e. The van der Waals surface area contributed by atoms with Gasteiger partial charge in [0.1, 0.15) is 5.75 Å². The van der Waals surface area contributed by atoms with Gasteiger partial charge in [0.05, 0.1) is 12.8 Å². The summed E-state index contributed by atoms with van der Waals surface area (Å²) in [6.45, 7) is 2.98. The highest BCUT2D eigenvalue weighted by Crippen LogP contribution is 2.35. The monoisotopic (exact) mass is 336 g/mol. The Morgan fingerprint density at radius 3 is 2.68 bits per heavy atom. The molecule has 1 saturated heterocycles. The molecule has 2 aliphatic rings. The molecule has 0 amide bonds. The van der Waals surface area contributed by atoms with Gasteiger partial charge in [0.2, 0.25) is 0 Å². The number of ether oxygens (including phenoxy) is 1. The van der Waals surface area contributed by atoms with Gasteiger partial charge in [-0.05, 0) is 42.6 Å². The third-order valence-electron chi connectivity index (χ3n) is 5.13. The number of hydrogen-bond acceptors (Lipinski definition) is 4. The summed E-state index contributed by atoms with van der Waals surface area (Å²) in [6.07, 6.45) is 3.12. The average Bonchev–Trinajstić information content (AvgIpc) is 3.06. The summed E-state index contributed by atoms with van der Waals surface area (Å²) in [4.78, 5) is 8.46. The van der Waals surface area contributed by atoms with E-state index in [1.54, 1.807) is 7.11 Å². The van der Waals surface area contributed by atoms with Crippen molar-refractivity contribution in [2.45, 2.75) is 31.4 Å². The van der Waals surface area contributed by atoms with Gasteiger partial charge in [-0.15, -0.1) is 0 Å². The molecule has 0 aliphatic carbocycles. The van der Waals surface area contributed by atoms with Crippen molar-refractivity contribution >= 4 is 5.71 Å². The SMILES string of the molecule is COc1ccc(CN2CCCC3(CC(c4ccccc4)=NO3)C2)cc1. The van der Waals surface area contributed by atoms with Crippen LogP contribution in [-0.4, -0.2) is 36.4 Å². The largest absolute Gasteiger partial charge is 0.497 e. The molecule has 130 valence electrons. The van der Waals surface area contributed by atoms with E-state index in [4.69, 9.17) is 9.57 Å². The lowest BCUT2D eigenvalue weighted by atomic mass is 9.86. The van der Waals surface area contributed by atoms with E-state index >= 15 is 0 Å². The van der Waals surface area contributed by atoms with Crippen molar-refractivity contribution in [3.8, 4) is 5.75 Å². The highest BCUT2D eigenvalue weighted by Gasteiger charge is 2.43. The Hall–Kier alpha value is -2.33. The van der Waals surface area contributed by atoms with Gasteiger partial charge in [-0.2, -0.15) is 0 Å². The van der Waals surface area contributed by atoms with Crippen LogP contribution in [-0.2, 0) is 11.4 Å². The quantitative estimate of drug-likeness (QED) is 0.850. The molecular formula is C21H24N2O2. The molecule has 2 aromatic carbocycles. The zero-order valence-electron chi connectivity index (χ0n) is 14.6. The number of piperidine rings is 1. The molecule has 25 heavy (non-hydrogen) atoms. The Kier molecular flexibility index (Phi) is 4.45. The van der Waals surface area contributed by atoms with Crippen LogP contribution in [0, 0.1) is 0 Å². The summed E-state index contributed by atoms with van der Waals surface area (Å²) in [7, 11) is 1.70. The van der Waals surface area contributed by atoms with Crippen molar-refractivity contribution in [3.05, 3.63) is 65.7 Å². The average molecular weight is 336 g/mol. The van der Waals surface area contributed by atoms with E-state index in [-0.39, 0.29) is 5.60 Å². The first kappa shape index (κ1) is 16.2. The number of oxime groups is 1. The zero-order chi connectivity index (χ0) is 17.1. The van der Waals surface area contributed by atoms with Gasteiger partial charge in [0.25, 0.3) is 0 Å². The molecule has 0 radical (unpaired) electrons. The molecule has 1 atom stereocenters. The van der Waals surface area contributed by atoms with Gasteiger partial charge in [-0.25, -0.2) is 0 Å². The highest BCUT2D eigenvalue weighted by atomic mass is 16.7. The highest BCUT2D eigenvalue weighted by molar-refractivity contribution is 6.01. The lowest BCUT2D eigenvalue weighted by Gasteiger charge is -2.38. The van der Waals surface area contributed by atoms with Crippen LogP contribution in [0.5, 0.6) is 5.75 Å². The van der Waals surface area contributed by atoms with Gasteiger partial charge < -0.3 is 9.57 Å². The van der Waals surface area contributed by atoms with Gasteiger partial charge in [-0.3, -0.25) is 4.90 Å². The second-order valence-corrected chi connectivity index (χ2v) is 7.02. The second-order valence-electron chi connectivity index (χ2n) is 7.02. The molecule has 2 heterocycles. The van der Waals surface area contributed by atoms with Gasteiger partial charge in [0.15, 0.2) is 5.60 Å². The molecule has 1 unspecified atom stereocenters. The zero-order valence-corrected chi connectivity index (χ0v) is 14.6. The minimum Gasteiger partial charge on any atom is -0.497 e. The maximum atomic E-state index is 5.98. The van der Waals surface area contributed by atoms with Gasteiger partial charge >= 0.3 is 0 Å². The Morgan fingerprint density at radius 1 is 1.12 bits per heavy atom. The number of benzene rings is 2. The van der Waals surface area contributed by atoms with Crippen molar-refractivity contribution in [1.29, 1.82) is 0 Å². The second kappa shape index (κ2) is 6.89. The van der Waals surface area contributed by atoms with Crippen LogP contribution in [0.1, 0.15) is 30.4 Å². The number of likely N-dealkylation sites (tertiary alicyclic amines) is 1. The fraction of sp³-hybridized carbons (Fsp3) is 0.381. The van der Waals surface area contributed by atoms with Crippen LogP contribution in [0.2, 0.25) is 0 Å². The number of nitrogens with zero attached hydrogens (tertiary/aromatic N) is 2. The summed E-state index contributed by atoms with van der Waals surface area (Å²) in [5.74, 6) is 0.902. The Balaban J connectivity index is 1.41. The van der Waals surface area contributed by atoms with Crippen molar-refractivity contribution in [1.82, 2.24) is 4.90 Å². The molecule has 0 saturated carbocycles. The summed E-state index contributed by atoms with van der Waals surface area (Å²) >= 11 is 0. The molecule has 4 rings (SSSR count). The topological polar surface area (TPSA) is 34.1 Å². The Labute approximate surface area is 149 Å². The molecule has 4 nitrogen and oxygen atoms in total. The normalized spacial score (nSPS) is 23.3. The molecule has 4 heteroatoms. The number of rotatable bonds is 4. The summed E-state index contributed by atoms with van der Waals surface area (Å²) in [6, 6.07) is 18.7.